The molecule has 0 saturated heterocycles. The number of rotatable bonds is 5. The van der Waals surface area contributed by atoms with Crippen LogP contribution in [0.25, 0.3) is 0 Å². The SMILES string of the molecule is Cc1ccc(NC(=O)COc2cc(C)c(Cl)cc2C(C)C)c(Br)c1. The van der Waals surface area contributed by atoms with Gasteiger partial charge in [-0.05, 0) is 76.7 Å². The first kappa shape index (κ1) is 18.8. The Morgan fingerprint density at radius 1 is 1.25 bits per heavy atom. The number of halogens is 2. The van der Waals surface area contributed by atoms with Crippen LogP contribution < -0.4 is 10.1 Å². The van der Waals surface area contributed by atoms with Gasteiger partial charge in [-0.1, -0.05) is 31.5 Å². The fraction of sp³-hybridized carbons (Fsp3) is 0.316. The molecule has 0 bridgehead atoms. The number of benzene rings is 2. The van der Waals surface area contributed by atoms with Crippen molar-refractivity contribution >= 4 is 39.1 Å². The number of hydrogen-bond acceptors (Lipinski definition) is 2. The van der Waals surface area contributed by atoms with Gasteiger partial charge < -0.3 is 10.1 Å². The first-order chi connectivity index (χ1) is 11.3. The van der Waals surface area contributed by atoms with Crippen LogP contribution in [0.15, 0.2) is 34.8 Å². The van der Waals surface area contributed by atoms with Gasteiger partial charge >= 0.3 is 0 Å². The average Bonchev–Trinajstić information content (AvgIpc) is 2.50. The van der Waals surface area contributed by atoms with E-state index < -0.39 is 0 Å². The van der Waals surface area contributed by atoms with Gasteiger partial charge in [0.1, 0.15) is 5.75 Å². The number of carbonyl (C=O) groups excluding carboxylic acids is 1. The van der Waals surface area contributed by atoms with Crippen LogP contribution in [0, 0.1) is 13.8 Å². The third-order valence-electron chi connectivity index (χ3n) is 3.67. The van der Waals surface area contributed by atoms with Crippen LogP contribution in [0.5, 0.6) is 5.75 Å². The molecule has 0 aliphatic heterocycles. The lowest BCUT2D eigenvalue weighted by Crippen LogP contribution is -2.21. The fourth-order valence-corrected chi connectivity index (χ4v) is 3.06. The minimum atomic E-state index is -0.207. The van der Waals surface area contributed by atoms with Crippen molar-refractivity contribution in [3.8, 4) is 5.75 Å². The zero-order chi connectivity index (χ0) is 17.9. The van der Waals surface area contributed by atoms with Gasteiger partial charge in [0, 0.05) is 9.50 Å². The summed E-state index contributed by atoms with van der Waals surface area (Å²) in [6, 6.07) is 9.55. The predicted octanol–water partition coefficient (Wildman–Crippen LogP) is 5.86. The maximum absolute atomic E-state index is 12.2. The molecule has 1 amide bonds. The lowest BCUT2D eigenvalue weighted by molar-refractivity contribution is -0.118. The minimum absolute atomic E-state index is 0.0545. The summed E-state index contributed by atoms with van der Waals surface area (Å²) in [6.07, 6.45) is 0. The maximum atomic E-state index is 12.2. The second-order valence-corrected chi connectivity index (χ2v) is 7.38. The Morgan fingerprint density at radius 3 is 2.58 bits per heavy atom. The first-order valence-corrected chi connectivity index (χ1v) is 8.94. The smallest absolute Gasteiger partial charge is 0.262 e. The van der Waals surface area contributed by atoms with Crippen molar-refractivity contribution in [2.75, 3.05) is 11.9 Å². The molecular weight excluding hydrogens is 390 g/mol. The van der Waals surface area contributed by atoms with Crippen LogP contribution in [0.2, 0.25) is 5.02 Å². The molecule has 0 fully saturated rings. The molecule has 0 unspecified atom stereocenters. The van der Waals surface area contributed by atoms with Gasteiger partial charge in [-0.2, -0.15) is 0 Å². The molecule has 5 heteroatoms. The summed E-state index contributed by atoms with van der Waals surface area (Å²) in [5, 5.41) is 3.55. The zero-order valence-electron chi connectivity index (χ0n) is 14.2. The van der Waals surface area contributed by atoms with Crippen LogP contribution in [-0.4, -0.2) is 12.5 Å². The van der Waals surface area contributed by atoms with E-state index in [1.165, 1.54) is 0 Å². The highest BCUT2D eigenvalue weighted by molar-refractivity contribution is 9.10. The van der Waals surface area contributed by atoms with Crippen molar-refractivity contribution in [3.05, 3.63) is 56.5 Å². The van der Waals surface area contributed by atoms with E-state index in [1.807, 2.05) is 44.2 Å². The van der Waals surface area contributed by atoms with E-state index in [1.54, 1.807) is 0 Å². The van der Waals surface area contributed by atoms with Crippen molar-refractivity contribution in [1.82, 2.24) is 0 Å². The number of anilines is 1. The molecule has 0 heterocycles. The van der Waals surface area contributed by atoms with E-state index >= 15 is 0 Å². The molecule has 3 nitrogen and oxygen atoms in total. The van der Waals surface area contributed by atoms with E-state index in [0.29, 0.717) is 10.8 Å². The van der Waals surface area contributed by atoms with E-state index in [9.17, 15) is 4.79 Å². The molecule has 128 valence electrons. The van der Waals surface area contributed by atoms with E-state index in [0.717, 1.165) is 26.9 Å². The topological polar surface area (TPSA) is 38.3 Å². The lowest BCUT2D eigenvalue weighted by atomic mass is 10.0. The van der Waals surface area contributed by atoms with Crippen LogP contribution in [0.4, 0.5) is 5.69 Å². The summed E-state index contributed by atoms with van der Waals surface area (Å²) in [4.78, 5) is 12.2. The largest absolute Gasteiger partial charge is 0.483 e. The van der Waals surface area contributed by atoms with Crippen LogP contribution in [0.3, 0.4) is 0 Å². The third-order valence-corrected chi connectivity index (χ3v) is 4.73. The monoisotopic (exact) mass is 409 g/mol. The molecule has 2 rings (SSSR count). The van der Waals surface area contributed by atoms with E-state index in [-0.39, 0.29) is 18.4 Å². The Bertz CT molecular complexity index is 759. The van der Waals surface area contributed by atoms with E-state index in [2.05, 4.69) is 35.1 Å². The maximum Gasteiger partial charge on any atom is 0.262 e. The number of amides is 1. The molecule has 1 N–H and O–H groups in total. The molecule has 0 aliphatic carbocycles. The second-order valence-electron chi connectivity index (χ2n) is 6.11. The normalized spacial score (nSPS) is 10.8. The molecule has 0 saturated carbocycles. The lowest BCUT2D eigenvalue weighted by Gasteiger charge is -2.16. The van der Waals surface area contributed by atoms with E-state index in [4.69, 9.17) is 16.3 Å². The van der Waals surface area contributed by atoms with Crippen LogP contribution in [-0.2, 0) is 4.79 Å². The van der Waals surface area contributed by atoms with Crippen molar-refractivity contribution in [1.29, 1.82) is 0 Å². The average molecular weight is 411 g/mol. The summed E-state index contributed by atoms with van der Waals surface area (Å²) in [5.41, 5.74) is 3.77. The fourth-order valence-electron chi connectivity index (χ4n) is 2.30. The summed E-state index contributed by atoms with van der Waals surface area (Å²) >= 11 is 9.64. The van der Waals surface area contributed by atoms with Crippen molar-refractivity contribution < 1.29 is 9.53 Å². The zero-order valence-corrected chi connectivity index (χ0v) is 16.6. The molecule has 2 aromatic carbocycles. The summed E-state index contributed by atoms with van der Waals surface area (Å²) in [5.74, 6) is 0.749. The van der Waals surface area contributed by atoms with Crippen molar-refractivity contribution in [3.63, 3.8) is 0 Å². The Hall–Kier alpha value is -1.52. The molecule has 2 aromatic rings. The summed E-state index contributed by atoms with van der Waals surface area (Å²) < 4.78 is 6.59. The van der Waals surface area contributed by atoms with Gasteiger partial charge in [-0.25, -0.2) is 0 Å². The summed E-state index contributed by atoms with van der Waals surface area (Å²) in [7, 11) is 0. The molecular formula is C19H21BrClNO2. The minimum Gasteiger partial charge on any atom is -0.483 e. The highest BCUT2D eigenvalue weighted by atomic mass is 79.9. The summed E-state index contributed by atoms with van der Waals surface area (Å²) in [6.45, 7) is 7.99. The van der Waals surface area contributed by atoms with Crippen molar-refractivity contribution in [2.45, 2.75) is 33.6 Å². The highest BCUT2D eigenvalue weighted by Gasteiger charge is 2.13. The third kappa shape index (κ3) is 4.74. The Balaban J connectivity index is 2.07. The number of carbonyl (C=O) groups is 1. The number of aryl methyl sites for hydroxylation is 2. The Morgan fingerprint density at radius 2 is 1.96 bits per heavy atom. The van der Waals surface area contributed by atoms with Crippen molar-refractivity contribution in [2.24, 2.45) is 0 Å². The van der Waals surface area contributed by atoms with Gasteiger partial charge in [0.15, 0.2) is 6.61 Å². The standard InChI is InChI=1S/C19H21BrClNO2/c1-11(2)14-9-16(21)13(4)8-18(14)24-10-19(23)22-17-6-5-12(3)7-15(17)20/h5-9,11H,10H2,1-4H3,(H,22,23). The highest BCUT2D eigenvalue weighted by Crippen LogP contribution is 2.32. The van der Waals surface area contributed by atoms with Gasteiger partial charge in [0.2, 0.25) is 0 Å². The number of hydrogen-bond donors (Lipinski definition) is 1. The Kier molecular flexibility index (Phi) is 6.30. The second kappa shape index (κ2) is 8.04. The van der Waals surface area contributed by atoms with Gasteiger partial charge in [0.25, 0.3) is 5.91 Å². The van der Waals surface area contributed by atoms with Crippen LogP contribution >= 0.6 is 27.5 Å². The molecule has 0 aliphatic rings. The Labute approximate surface area is 156 Å². The van der Waals surface area contributed by atoms with Crippen LogP contribution in [0.1, 0.15) is 36.5 Å². The quantitative estimate of drug-likeness (QED) is 0.670. The molecule has 0 atom stereocenters. The molecule has 24 heavy (non-hydrogen) atoms. The predicted molar refractivity (Wildman–Crippen MR) is 103 cm³/mol. The van der Waals surface area contributed by atoms with Gasteiger partial charge in [0.05, 0.1) is 5.69 Å². The first-order valence-electron chi connectivity index (χ1n) is 7.76. The van der Waals surface area contributed by atoms with Gasteiger partial charge in [-0.15, -0.1) is 0 Å². The number of nitrogens with one attached hydrogen (secondary N) is 1. The molecule has 0 aromatic heterocycles. The molecule has 0 radical (unpaired) electrons. The van der Waals surface area contributed by atoms with Gasteiger partial charge in [-0.3, -0.25) is 4.79 Å². The molecule has 0 spiro atoms. The number of ether oxygens (including phenoxy) is 1.